The van der Waals surface area contributed by atoms with Crippen LogP contribution in [0.15, 0.2) is 42.7 Å². The number of benzene rings is 1. The fourth-order valence-electron chi connectivity index (χ4n) is 2.86. The minimum Gasteiger partial charge on any atom is -0.449 e. The Bertz CT molecular complexity index is 793. The number of hydrogen-bond acceptors (Lipinski definition) is 4. The monoisotopic (exact) mass is 344 g/mol. The van der Waals surface area contributed by atoms with E-state index in [0.29, 0.717) is 12.8 Å². The Hall–Kier alpha value is -2.30. The molecule has 0 radical (unpaired) electrons. The molecule has 0 amide bonds. The van der Waals surface area contributed by atoms with E-state index in [4.69, 9.17) is 17.0 Å². The lowest BCUT2D eigenvalue weighted by atomic mass is 9.80. The first-order valence-electron chi connectivity index (χ1n) is 7.79. The summed E-state index contributed by atoms with van der Waals surface area (Å²) in [7, 11) is 0. The number of rotatable bonds is 5. The molecule has 1 saturated carbocycles. The van der Waals surface area contributed by atoms with Crippen molar-refractivity contribution in [3.05, 3.63) is 59.9 Å². The molecule has 1 aliphatic carbocycles. The highest BCUT2D eigenvalue weighted by Gasteiger charge is 2.40. The standard InChI is InChI=1S/C18H17FN2O2S/c1-13(14-6-3-2-4-7-14)21-12-20-16(19)15(21)17(22)23-18(10-11-24)8-5-9-18/h2-4,6-7,10,12-13H,5,8-9H2,1H3/t13-/m1/s1. The average Bonchev–Trinajstić information content (AvgIpc) is 2.94. The first-order chi connectivity index (χ1) is 11.6. The van der Waals surface area contributed by atoms with E-state index in [1.54, 1.807) is 6.08 Å². The van der Waals surface area contributed by atoms with Gasteiger partial charge in [0.05, 0.1) is 12.4 Å². The number of thiocarbonyl (C=S) groups is 1. The van der Waals surface area contributed by atoms with Crippen LogP contribution in [0.25, 0.3) is 0 Å². The molecule has 1 aromatic heterocycles. The predicted molar refractivity (Wildman–Crippen MR) is 91.6 cm³/mol. The molecular formula is C18H17FN2O2S. The van der Waals surface area contributed by atoms with Crippen LogP contribution in [0.1, 0.15) is 48.3 Å². The first kappa shape index (κ1) is 16.6. The highest BCUT2D eigenvalue weighted by molar-refractivity contribution is 7.78. The zero-order chi connectivity index (χ0) is 17.2. The second-order valence-corrected chi connectivity index (χ2v) is 6.18. The van der Waals surface area contributed by atoms with Crippen molar-refractivity contribution >= 4 is 23.2 Å². The van der Waals surface area contributed by atoms with E-state index >= 15 is 0 Å². The molecule has 0 N–H and O–H groups in total. The number of ether oxygens (including phenoxy) is 1. The number of carbonyl (C=O) groups excluding carboxylic acids is 1. The quantitative estimate of drug-likeness (QED) is 0.610. The minimum atomic E-state index is -0.830. The fraction of sp³-hybridized carbons (Fsp3) is 0.333. The average molecular weight is 344 g/mol. The maximum atomic E-state index is 14.1. The van der Waals surface area contributed by atoms with Gasteiger partial charge in [-0.2, -0.15) is 4.39 Å². The van der Waals surface area contributed by atoms with E-state index < -0.39 is 17.5 Å². The van der Waals surface area contributed by atoms with Gasteiger partial charge in [0.25, 0.3) is 0 Å². The normalized spacial score (nSPS) is 16.6. The Morgan fingerprint density at radius 2 is 2.17 bits per heavy atom. The molecule has 0 bridgehead atoms. The maximum Gasteiger partial charge on any atom is 0.360 e. The van der Waals surface area contributed by atoms with E-state index in [9.17, 15) is 9.18 Å². The molecule has 0 spiro atoms. The van der Waals surface area contributed by atoms with Gasteiger partial charge in [0.15, 0.2) is 5.69 Å². The number of carbonyl (C=O) groups is 1. The van der Waals surface area contributed by atoms with Crippen molar-refractivity contribution in [2.45, 2.75) is 37.8 Å². The third-order valence-electron chi connectivity index (χ3n) is 4.46. The van der Waals surface area contributed by atoms with E-state index in [0.717, 1.165) is 12.0 Å². The third-order valence-corrected chi connectivity index (χ3v) is 4.58. The van der Waals surface area contributed by atoms with E-state index in [2.05, 4.69) is 10.0 Å². The van der Waals surface area contributed by atoms with Crippen molar-refractivity contribution in [3.63, 3.8) is 0 Å². The van der Waals surface area contributed by atoms with Gasteiger partial charge in [0.1, 0.15) is 5.60 Å². The van der Waals surface area contributed by atoms with Crippen LogP contribution in [-0.2, 0) is 4.74 Å². The number of imidazole rings is 1. The van der Waals surface area contributed by atoms with Gasteiger partial charge in [-0.3, -0.25) is 0 Å². The molecule has 24 heavy (non-hydrogen) atoms. The van der Waals surface area contributed by atoms with Crippen LogP contribution in [0.5, 0.6) is 0 Å². The fourth-order valence-corrected chi connectivity index (χ4v) is 3.07. The van der Waals surface area contributed by atoms with Crippen molar-refractivity contribution in [1.29, 1.82) is 0 Å². The van der Waals surface area contributed by atoms with Gasteiger partial charge in [-0.1, -0.05) is 30.3 Å². The summed E-state index contributed by atoms with van der Waals surface area (Å²) in [6, 6.07) is 9.27. The second kappa shape index (κ2) is 6.67. The number of halogens is 1. The Balaban J connectivity index is 1.90. The molecule has 2 aromatic rings. The highest BCUT2D eigenvalue weighted by atomic mass is 32.1. The van der Waals surface area contributed by atoms with Crippen LogP contribution in [0.4, 0.5) is 4.39 Å². The van der Waals surface area contributed by atoms with Crippen LogP contribution in [0.2, 0.25) is 0 Å². The molecule has 124 valence electrons. The van der Waals surface area contributed by atoms with Gasteiger partial charge in [-0.15, -0.1) is 0 Å². The van der Waals surface area contributed by atoms with Gasteiger partial charge in [-0.05, 0) is 49.0 Å². The molecule has 4 nitrogen and oxygen atoms in total. The molecule has 3 rings (SSSR count). The molecule has 0 unspecified atom stereocenters. The van der Waals surface area contributed by atoms with Crippen molar-refractivity contribution in [3.8, 4) is 0 Å². The first-order valence-corrected chi connectivity index (χ1v) is 8.20. The second-order valence-electron chi connectivity index (χ2n) is 5.95. The summed E-state index contributed by atoms with van der Waals surface area (Å²) in [6.45, 7) is 1.88. The zero-order valence-electron chi connectivity index (χ0n) is 13.2. The van der Waals surface area contributed by atoms with Crippen LogP contribution in [0, 0.1) is 5.95 Å². The molecule has 1 fully saturated rings. The van der Waals surface area contributed by atoms with E-state index in [1.807, 2.05) is 37.3 Å². The predicted octanol–water partition coefficient (Wildman–Crippen LogP) is 3.87. The molecule has 0 aliphatic heterocycles. The molecule has 6 heteroatoms. The summed E-state index contributed by atoms with van der Waals surface area (Å²) < 4.78 is 21.2. The zero-order valence-corrected chi connectivity index (χ0v) is 14.1. The summed E-state index contributed by atoms with van der Waals surface area (Å²) in [6.07, 6.45) is 5.18. The molecule has 1 aromatic carbocycles. The van der Waals surface area contributed by atoms with Crippen LogP contribution < -0.4 is 0 Å². The Labute approximate surface area is 145 Å². The molecular weight excluding hydrogens is 327 g/mol. The molecule has 1 aliphatic rings. The van der Waals surface area contributed by atoms with E-state index in [-0.39, 0.29) is 11.7 Å². The van der Waals surface area contributed by atoms with Crippen LogP contribution >= 0.6 is 12.2 Å². The minimum absolute atomic E-state index is 0.171. The Kier molecular flexibility index (Phi) is 4.60. The third kappa shape index (κ3) is 3.03. The lowest BCUT2D eigenvalue weighted by Gasteiger charge is -2.37. The Morgan fingerprint density at radius 1 is 1.46 bits per heavy atom. The summed E-state index contributed by atoms with van der Waals surface area (Å²) in [5.41, 5.74) is 0.0209. The highest BCUT2D eigenvalue weighted by Crippen LogP contribution is 2.37. The summed E-state index contributed by atoms with van der Waals surface area (Å²) in [4.78, 5) is 16.2. The summed E-state index contributed by atoms with van der Waals surface area (Å²) >= 11 is 4.72. The van der Waals surface area contributed by atoms with E-state index in [1.165, 1.54) is 10.9 Å². The molecule has 0 saturated heterocycles. The van der Waals surface area contributed by atoms with Gasteiger partial charge < -0.3 is 9.30 Å². The van der Waals surface area contributed by atoms with Gasteiger partial charge in [0, 0.05) is 6.08 Å². The summed E-state index contributed by atoms with van der Waals surface area (Å²) in [5.74, 6) is -1.56. The van der Waals surface area contributed by atoms with Crippen LogP contribution in [0.3, 0.4) is 0 Å². The lowest BCUT2D eigenvalue weighted by Crippen LogP contribution is -2.40. The Morgan fingerprint density at radius 3 is 2.75 bits per heavy atom. The number of hydrogen-bond donors (Lipinski definition) is 0. The lowest BCUT2D eigenvalue weighted by molar-refractivity contribution is -0.0321. The maximum absolute atomic E-state index is 14.1. The molecule has 1 heterocycles. The van der Waals surface area contributed by atoms with Crippen LogP contribution in [-0.4, -0.2) is 26.1 Å². The number of aromatic nitrogens is 2. The van der Waals surface area contributed by atoms with Crippen molar-refractivity contribution in [2.24, 2.45) is 0 Å². The summed E-state index contributed by atoms with van der Waals surface area (Å²) in [5, 5.41) is 2.50. The van der Waals surface area contributed by atoms with Crippen molar-refractivity contribution in [2.75, 3.05) is 0 Å². The number of esters is 1. The smallest absolute Gasteiger partial charge is 0.360 e. The van der Waals surface area contributed by atoms with Gasteiger partial charge in [0.2, 0.25) is 5.95 Å². The SMILES string of the molecule is C[C@H](c1ccccc1)n1cnc(F)c1C(=O)OC1(C=C=S)CCC1. The largest absolute Gasteiger partial charge is 0.449 e. The van der Waals surface area contributed by atoms with Gasteiger partial charge >= 0.3 is 5.97 Å². The topological polar surface area (TPSA) is 44.1 Å². The molecule has 1 atom stereocenters. The van der Waals surface area contributed by atoms with Crippen molar-refractivity contribution in [1.82, 2.24) is 9.55 Å². The van der Waals surface area contributed by atoms with Gasteiger partial charge in [-0.25, -0.2) is 9.78 Å². The number of nitrogens with zero attached hydrogens (tertiary/aromatic N) is 2. The van der Waals surface area contributed by atoms with Crippen molar-refractivity contribution < 1.29 is 13.9 Å².